The maximum atomic E-state index is 12.7. The van der Waals surface area contributed by atoms with Crippen LogP contribution in [0.2, 0.25) is 0 Å². The van der Waals surface area contributed by atoms with Crippen LogP contribution in [0.25, 0.3) is 0 Å². The first kappa shape index (κ1) is 14.9. The number of para-hydroxylation sites is 2. The van der Waals surface area contributed by atoms with Crippen molar-refractivity contribution in [1.29, 1.82) is 0 Å². The van der Waals surface area contributed by atoms with Crippen LogP contribution in [0.15, 0.2) is 85.7 Å². The second-order valence-electron chi connectivity index (χ2n) is 4.02. The lowest BCUT2D eigenvalue weighted by Gasteiger charge is -2.19. The fourth-order valence-corrected chi connectivity index (χ4v) is 2.69. The molecule has 21 heavy (non-hydrogen) atoms. The lowest BCUT2D eigenvalue weighted by molar-refractivity contribution is 0.263. The molecule has 0 spiro atoms. The van der Waals surface area contributed by atoms with Gasteiger partial charge in [0, 0.05) is 0 Å². The molecule has 5 heteroatoms. The van der Waals surface area contributed by atoms with E-state index < -0.39 is 7.82 Å². The molecule has 0 aliphatic heterocycles. The second-order valence-corrected chi connectivity index (χ2v) is 5.46. The summed E-state index contributed by atoms with van der Waals surface area (Å²) >= 11 is 0. The number of phosphoric ester groups is 1. The Labute approximate surface area is 123 Å². The summed E-state index contributed by atoms with van der Waals surface area (Å²) in [6.45, 7) is 7.07. The Balaban J connectivity index is 2.23. The van der Waals surface area contributed by atoms with Gasteiger partial charge in [0.2, 0.25) is 0 Å². The van der Waals surface area contributed by atoms with Gasteiger partial charge in [0.1, 0.15) is 17.3 Å². The predicted octanol–water partition coefficient (Wildman–Crippen LogP) is 4.97. The highest BCUT2D eigenvalue weighted by atomic mass is 31.2. The van der Waals surface area contributed by atoms with E-state index >= 15 is 0 Å². The van der Waals surface area contributed by atoms with Crippen molar-refractivity contribution in [3.05, 3.63) is 85.7 Å². The minimum absolute atomic E-state index is 0.102. The molecule has 2 aromatic carbocycles. The number of phosphoric acid groups is 1. The van der Waals surface area contributed by atoms with Crippen LogP contribution in [0.5, 0.6) is 11.5 Å². The Kier molecular flexibility index (Phi) is 4.85. The zero-order valence-corrected chi connectivity index (χ0v) is 12.2. The zero-order valence-electron chi connectivity index (χ0n) is 11.3. The molecule has 0 radical (unpaired) electrons. The van der Waals surface area contributed by atoms with Gasteiger partial charge >= 0.3 is 7.82 Å². The minimum Gasteiger partial charge on any atom is -0.387 e. The minimum atomic E-state index is -3.91. The van der Waals surface area contributed by atoms with Crippen LogP contribution in [0.4, 0.5) is 0 Å². The van der Waals surface area contributed by atoms with E-state index in [1.165, 1.54) is 6.08 Å². The Morgan fingerprint density at radius 3 is 1.71 bits per heavy atom. The molecular formula is C16H15O4P. The Hall–Kier alpha value is -2.45. The van der Waals surface area contributed by atoms with Gasteiger partial charge in [-0.1, -0.05) is 49.6 Å². The van der Waals surface area contributed by atoms with Crippen LogP contribution in [0, 0.1) is 0 Å². The van der Waals surface area contributed by atoms with Crippen LogP contribution in [0.1, 0.15) is 0 Å². The third-order valence-electron chi connectivity index (χ3n) is 2.38. The molecule has 0 heterocycles. The summed E-state index contributed by atoms with van der Waals surface area (Å²) in [6, 6.07) is 17.3. The van der Waals surface area contributed by atoms with Crippen molar-refractivity contribution in [2.24, 2.45) is 0 Å². The zero-order chi connectivity index (χ0) is 15.1. The molecule has 0 fully saturated rings. The van der Waals surface area contributed by atoms with Crippen molar-refractivity contribution in [3.8, 4) is 11.5 Å². The SMILES string of the molecule is C=CC(=C)OP(=O)(Oc1ccccc1)Oc1ccccc1. The van der Waals surface area contributed by atoms with E-state index in [1.54, 1.807) is 48.5 Å². The lowest BCUT2D eigenvalue weighted by atomic mass is 10.3. The number of benzene rings is 2. The smallest absolute Gasteiger partial charge is 0.387 e. The highest BCUT2D eigenvalue weighted by Gasteiger charge is 2.32. The molecule has 2 rings (SSSR count). The summed E-state index contributed by atoms with van der Waals surface area (Å²) in [4.78, 5) is 0. The highest BCUT2D eigenvalue weighted by Crippen LogP contribution is 2.51. The number of rotatable bonds is 7. The molecule has 0 aromatic heterocycles. The monoisotopic (exact) mass is 302 g/mol. The normalized spacial score (nSPS) is 10.5. The van der Waals surface area contributed by atoms with Gasteiger partial charge in [-0.25, -0.2) is 0 Å². The fourth-order valence-electron chi connectivity index (χ4n) is 1.46. The highest BCUT2D eigenvalue weighted by molar-refractivity contribution is 7.49. The third-order valence-corrected chi connectivity index (χ3v) is 3.70. The van der Waals surface area contributed by atoms with Crippen molar-refractivity contribution in [2.75, 3.05) is 0 Å². The van der Waals surface area contributed by atoms with E-state index in [2.05, 4.69) is 13.2 Å². The Morgan fingerprint density at radius 1 is 0.905 bits per heavy atom. The van der Waals surface area contributed by atoms with Gasteiger partial charge in [-0.15, -0.1) is 0 Å². The molecule has 0 saturated carbocycles. The van der Waals surface area contributed by atoms with Crippen molar-refractivity contribution >= 4 is 7.82 Å². The second kappa shape index (κ2) is 6.82. The van der Waals surface area contributed by atoms with E-state index in [-0.39, 0.29) is 5.76 Å². The molecule has 0 atom stereocenters. The third kappa shape index (κ3) is 4.55. The van der Waals surface area contributed by atoms with Gasteiger partial charge in [0.25, 0.3) is 0 Å². The van der Waals surface area contributed by atoms with E-state index in [0.717, 1.165) is 0 Å². The number of hydrogen-bond acceptors (Lipinski definition) is 4. The topological polar surface area (TPSA) is 44.8 Å². The van der Waals surface area contributed by atoms with Crippen molar-refractivity contribution < 1.29 is 18.1 Å². The van der Waals surface area contributed by atoms with Crippen LogP contribution >= 0.6 is 7.82 Å². The number of hydrogen-bond donors (Lipinski definition) is 0. The van der Waals surface area contributed by atoms with Crippen molar-refractivity contribution in [2.45, 2.75) is 0 Å². The number of allylic oxidation sites excluding steroid dienone is 1. The van der Waals surface area contributed by atoms with Crippen LogP contribution in [-0.4, -0.2) is 0 Å². The van der Waals surface area contributed by atoms with Crippen LogP contribution < -0.4 is 9.05 Å². The van der Waals surface area contributed by atoms with Gasteiger partial charge < -0.3 is 13.6 Å². The summed E-state index contributed by atoms with van der Waals surface area (Å²) in [5.41, 5.74) is 0. The molecule has 0 unspecified atom stereocenters. The predicted molar refractivity (Wildman–Crippen MR) is 82.2 cm³/mol. The Morgan fingerprint density at radius 2 is 1.33 bits per heavy atom. The standard InChI is InChI=1S/C16H15O4P/c1-3-14(2)18-21(17,19-15-10-6-4-7-11-15)20-16-12-8-5-9-13-16/h3-13H,1-2H2. The van der Waals surface area contributed by atoms with Gasteiger partial charge in [-0.3, -0.25) is 0 Å². The van der Waals surface area contributed by atoms with E-state index in [4.69, 9.17) is 13.6 Å². The summed E-state index contributed by atoms with van der Waals surface area (Å²) in [7, 11) is -3.91. The molecule has 2 aromatic rings. The Bertz CT molecular complexity index is 607. The fraction of sp³-hybridized carbons (Fsp3) is 0. The molecule has 0 aliphatic carbocycles. The largest absolute Gasteiger partial charge is 0.647 e. The molecule has 108 valence electrons. The average Bonchev–Trinajstić information content (AvgIpc) is 2.48. The van der Waals surface area contributed by atoms with E-state index in [0.29, 0.717) is 11.5 Å². The first-order chi connectivity index (χ1) is 10.1. The molecule has 0 amide bonds. The van der Waals surface area contributed by atoms with Crippen molar-refractivity contribution in [3.63, 3.8) is 0 Å². The first-order valence-electron chi connectivity index (χ1n) is 6.21. The quantitative estimate of drug-likeness (QED) is 0.411. The van der Waals surface area contributed by atoms with Gasteiger partial charge in [-0.2, -0.15) is 4.57 Å². The summed E-state index contributed by atoms with van der Waals surface area (Å²) in [5.74, 6) is 0.840. The maximum Gasteiger partial charge on any atom is 0.647 e. The van der Waals surface area contributed by atoms with E-state index in [1.807, 2.05) is 12.1 Å². The molecular weight excluding hydrogens is 287 g/mol. The average molecular weight is 302 g/mol. The summed E-state index contributed by atoms with van der Waals surface area (Å²) < 4.78 is 28.7. The van der Waals surface area contributed by atoms with Gasteiger partial charge in [0.05, 0.1) is 0 Å². The van der Waals surface area contributed by atoms with Gasteiger partial charge in [0.15, 0.2) is 0 Å². The molecule has 0 N–H and O–H groups in total. The molecule has 0 aliphatic rings. The van der Waals surface area contributed by atoms with Crippen LogP contribution in [-0.2, 0) is 9.09 Å². The summed E-state index contributed by atoms with van der Waals surface area (Å²) in [5, 5.41) is 0. The van der Waals surface area contributed by atoms with Gasteiger partial charge in [-0.05, 0) is 30.3 Å². The summed E-state index contributed by atoms with van der Waals surface area (Å²) in [6.07, 6.45) is 1.33. The van der Waals surface area contributed by atoms with Crippen LogP contribution in [0.3, 0.4) is 0 Å². The maximum absolute atomic E-state index is 12.7. The first-order valence-corrected chi connectivity index (χ1v) is 7.68. The molecule has 4 nitrogen and oxygen atoms in total. The molecule has 0 saturated heterocycles. The van der Waals surface area contributed by atoms with E-state index in [9.17, 15) is 4.57 Å². The lowest BCUT2D eigenvalue weighted by Crippen LogP contribution is -2.04. The van der Waals surface area contributed by atoms with Crippen molar-refractivity contribution in [1.82, 2.24) is 0 Å². The molecule has 0 bridgehead atoms.